The van der Waals surface area contributed by atoms with Crippen molar-refractivity contribution in [3.63, 3.8) is 0 Å². The Morgan fingerprint density at radius 3 is 2.33 bits per heavy atom. The molecule has 0 spiro atoms. The Balaban J connectivity index is 1.63. The maximum atomic E-state index is 12.5. The van der Waals surface area contributed by atoms with Gasteiger partial charge in [-0.2, -0.15) is 0 Å². The average Bonchev–Trinajstić information content (AvgIpc) is 3.01. The summed E-state index contributed by atoms with van der Waals surface area (Å²) in [5.41, 5.74) is 0.718. The molecule has 3 rings (SSSR count). The zero-order valence-electron chi connectivity index (χ0n) is 14.6. The Bertz CT molecular complexity index is 1020. The monoisotopic (exact) mass is 402 g/mol. The van der Waals surface area contributed by atoms with Gasteiger partial charge in [0.1, 0.15) is 11.6 Å². The van der Waals surface area contributed by atoms with Gasteiger partial charge in [-0.15, -0.1) is 10.2 Å². The van der Waals surface area contributed by atoms with Gasteiger partial charge in [0.15, 0.2) is 15.0 Å². The zero-order valence-corrected chi connectivity index (χ0v) is 16.2. The van der Waals surface area contributed by atoms with E-state index >= 15 is 0 Å². The molecule has 0 radical (unpaired) electrons. The summed E-state index contributed by atoms with van der Waals surface area (Å²) in [6.45, 7) is 0. The first-order valence-corrected chi connectivity index (χ1v) is 10.7. The zero-order chi connectivity index (χ0) is 19.3. The lowest BCUT2D eigenvalue weighted by atomic mass is 10.3. The second-order valence-corrected chi connectivity index (χ2v) is 8.66. The average molecular weight is 403 g/mol. The summed E-state index contributed by atoms with van der Waals surface area (Å²) in [6, 6.07) is 17.4. The highest BCUT2D eigenvalue weighted by Gasteiger charge is 2.20. The van der Waals surface area contributed by atoms with E-state index in [9.17, 15) is 13.2 Å². The van der Waals surface area contributed by atoms with Crippen LogP contribution >= 0.6 is 11.8 Å². The Morgan fingerprint density at radius 2 is 1.67 bits per heavy atom. The third-order valence-electron chi connectivity index (χ3n) is 3.74. The van der Waals surface area contributed by atoms with Crippen LogP contribution in [0.25, 0.3) is 0 Å². The quantitative estimate of drug-likeness (QED) is 0.611. The van der Waals surface area contributed by atoms with Crippen molar-refractivity contribution in [2.45, 2.75) is 15.8 Å². The molecule has 0 aliphatic rings. The summed E-state index contributed by atoms with van der Waals surface area (Å²) in [5, 5.41) is 11.2. The molecule has 0 saturated heterocycles. The van der Waals surface area contributed by atoms with Gasteiger partial charge in [0.2, 0.25) is 5.91 Å². The molecule has 1 aromatic heterocycles. The van der Waals surface area contributed by atoms with Crippen LogP contribution in [0.3, 0.4) is 0 Å². The van der Waals surface area contributed by atoms with Crippen LogP contribution in [0.5, 0.6) is 0 Å². The van der Waals surface area contributed by atoms with Crippen LogP contribution < -0.4 is 5.32 Å². The molecule has 0 unspecified atom stereocenters. The Morgan fingerprint density at radius 1 is 1.04 bits per heavy atom. The van der Waals surface area contributed by atoms with Gasteiger partial charge in [0.05, 0.1) is 10.6 Å². The predicted octanol–water partition coefficient (Wildman–Crippen LogP) is 2.52. The van der Waals surface area contributed by atoms with E-state index in [0.29, 0.717) is 11.0 Å². The summed E-state index contributed by atoms with van der Waals surface area (Å²) in [6.07, 6.45) is 0. The smallest absolute Gasteiger partial charge is 0.234 e. The van der Waals surface area contributed by atoms with E-state index in [4.69, 9.17) is 0 Å². The topological polar surface area (TPSA) is 93.9 Å². The highest BCUT2D eigenvalue weighted by Crippen LogP contribution is 2.20. The molecule has 0 saturated carbocycles. The van der Waals surface area contributed by atoms with E-state index in [1.165, 1.54) is 11.8 Å². The van der Waals surface area contributed by atoms with Gasteiger partial charge < -0.3 is 9.88 Å². The van der Waals surface area contributed by atoms with Gasteiger partial charge in [-0.3, -0.25) is 4.79 Å². The molecule has 1 amide bonds. The van der Waals surface area contributed by atoms with E-state index in [-0.39, 0.29) is 22.3 Å². The van der Waals surface area contributed by atoms with Crippen LogP contribution in [0.4, 0.5) is 5.69 Å². The maximum Gasteiger partial charge on any atom is 0.234 e. The number of sulfone groups is 1. The van der Waals surface area contributed by atoms with Gasteiger partial charge in [-0.1, -0.05) is 48.2 Å². The SMILES string of the molecule is Cn1c(CS(=O)(=O)c2ccccc2)nnc1SCC(=O)Nc1ccccc1. The second kappa shape index (κ2) is 8.36. The molecule has 140 valence electrons. The van der Waals surface area contributed by atoms with E-state index in [1.807, 2.05) is 18.2 Å². The van der Waals surface area contributed by atoms with Gasteiger partial charge in [0, 0.05) is 12.7 Å². The van der Waals surface area contributed by atoms with Crippen LogP contribution in [0.2, 0.25) is 0 Å². The maximum absolute atomic E-state index is 12.5. The number of amides is 1. The molecule has 0 fully saturated rings. The van der Waals surface area contributed by atoms with Crippen molar-refractivity contribution in [1.29, 1.82) is 0 Å². The number of rotatable bonds is 7. The van der Waals surface area contributed by atoms with Crippen molar-refractivity contribution in [3.05, 3.63) is 66.5 Å². The van der Waals surface area contributed by atoms with E-state index in [2.05, 4.69) is 15.5 Å². The minimum absolute atomic E-state index is 0.145. The van der Waals surface area contributed by atoms with Crippen molar-refractivity contribution < 1.29 is 13.2 Å². The fraction of sp³-hybridized carbons (Fsp3) is 0.167. The van der Waals surface area contributed by atoms with E-state index in [1.54, 1.807) is 54.1 Å². The number of para-hydroxylation sites is 1. The molecule has 0 bridgehead atoms. The minimum Gasteiger partial charge on any atom is -0.325 e. The van der Waals surface area contributed by atoms with Crippen LogP contribution in [0.1, 0.15) is 5.82 Å². The second-order valence-electron chi connectivity index (χ2n) is 5.73. The van der Waals surface area contributed by atoms with E-state index in [0.717, 1.165) is 5.69 Å². The molecular formula is C18H18N4O3S2. The first-order valence-electron chi connectivity index (χ1n) is 8.09. The molecule has 0 atom stereocenters. The lowest BCUT2D eigenvalue weighted by molar-refractivity contribution is -0.113. The molecule has 9 heteroatoms. The summed E-state index contributed by atoms with van der Waals surface area (Å²) in [5.74, 6) is 0.0429. The third-order valence-corrected chi connectivity index (χ3v) is 6.39. The lowest BCUT2D eigenvalue weighted by Crippen LogP contribution is -2.14. The fourth-order valence-corrected chi connectivity index (χ4v) is 4.39. The number of benzene rings is 2. The fourth-order valence-electron chi connectivity index (χ4n) is 2.33. The summed E-state index contributed by atoms with van der Waals surface area (Å²) in [4.78, 5) is 12.3. The number of carbonyl (C=O) groups excluding carboxylic acids is 1. The molecule has 7 nitrogen and oxygen atoms in total. The minimum atomic E-state index is -3.51. The molecule has 27 heavy (non-hydrogen) atoms. The van der Waals surface area contributed by atoms with Gasteiger partial charge in [-0.25, -0.2) is 8.42 Å². The lowest BCUT2D eigenvalue weighted by Gasteiger charge is -2.06. The number of hydrogen-bond donors (Lipinski definition) is 1. The number of anilines is 1. The number of aromatic nitrogens is 3. The molecule has 3 aromatic rings. The number of carbonyl (C=O) groups is 1. The summed E-state index contributed by atoms with van der Waals surface area (Å²) < 4.78 is 26.6. The first-order chi connectivity index (χ1) is 13.0. The van der Waals surface area contributed by atoms with Crippen LogP contribution in [0.15, 0.2) is 70.7 Å². The van der Waals surface area contributed by atoms with Crippen LogP contribution in [-0.2, 0) is 27.4 Å². The van der Waals surface area contributed by atoms with Crippen molar-refractivity contribution >= 4 is 33.2 Å². The van der Waals surface area contributed by atoms with Crippen molar-refractivity contribution in [3.8, 4) is 0 Å². The number of hydrogen-bond acceptors (Lipinski definition) is 6. The Kier molecular flexibility index (Phi) is 5.92. The molecule has 1 N–H and O–H groups in total. The van der Waals surface area contributed by atoms with Gasteiger partial charge in [-0.05, 0) is 24.3 Å². The predicted molar refractivity (Wildman–Crippen MR) is 104 cm³/mol. The Hall–Kier alpha value is -2.65. The van der Waals surface area contributed by atoms with Crippen molar-refractivity contribution in [2.75, 3.05) is 11.1 Å². The van der Waals surface area contributed by atoms with Crippen molar-refractivity contribution in [2.24, 2.45) is 7.05 Å². The number of thioether (sulfide) groups is 1. The van der Waals surface area contributed by atoms with Crippen molar-refractivity contribution in [1.82, 2.24) is 14.8 Å². The summed E-state index contributed by atoms with van der Waals surface area (Å²) >= 11 is 1.20. The summed E-state index contributed by atoms with van der Waals surface area (Å²) in [7, 11) is -1.82. The molecular weight excluding hydrogens is 384 g/mol. The third kappa shape index (κ3) is 4.95. The van der Waals surface area contributed by atoms with Gasteiger partial charge >= 0.3 is 0 Å². The highest BCUT2D eigenvalue weighted by molar-refractivity contribution is 7.99. The standard InChI is InChI=1S/C18H18N4O3S2/c1-22-16(13-27(24,25)15-10-6-3-7-11-15)20-21-18(22)26-12-17(23)19-14-8-4-2-5-9-14/h2-11H,12-13H2,1H3,(H,19,23). The normalized spacial score (nSPS) is 11.3. The van der Waals surface area contributed by atoms with Crippen LogP contribution in [-0.4, -0.2) is 34.8 Å². The van der Waals surface area contributed by atoms with Gasteiger partial charge in [0.25, 0.3) is 0 Å². The number of nitrogens with one attached hydrogen (secondary N) is 1. The number of nitrogens with zero attached hydrogens (tertiary/aromatic N) is 3. The first kappa shape index (κ1) is 19.1. The molecule has 0 aliphatic heterocycles. The molecule has 1 heterocycles. The highest BCUT2D eigenvalue weighted by atomic mass is 32.2. The Labute approximate surface area is 161 Å². The molecule has 0 aliphatic carbocycles. The van der Waals surface area contributed by atoms with Crippen LogP contribution in [0, 0.1) is 0 Å². The molecule has 2 aromatic carbocycles. The largest absolute Gasteiger partial charge is 0.325 e. The van der Waals surface area contributed by atoms with E-state index < -0.39 is 9.84 Å².